The van der Waals surface area contributed by atoms with Crippen LogP contribution in [-0.4, -0.2) is 26.2 Å². The van der Waals surface area contributed by atoms with Gasteiger partial charge >= 0.3 is 0 Å². The molecule has 0 aliphatic rings. The molecule has 0 bridgehead atoms. The summed E-state index contributed by atoms with van der Waals surface area (Å²) >= 11 is 0. The zero-order valence-corrected chi connectivity index (χ0v) is 13.2. The molecule has 1 N–H and O–H groups in total. The maximum absolute atomic E-state index is 12.3. The second kappa shape index (κ2) is 7.61. The first-order chi connectivity index (χ1) is 10.6. The quantitative estimate of drug-likeness (QED) is 0.829. The zero-order valence-electron chi connectivity index (χ0n) is 13.2. The van der Waals surface area contributed by atoms with Gasteiger partial charge in [-0.15, -0.1) is 0 Å². The highest BCUT2D eigenvalue weighted by Crippen LogP contribution is 2.18. The van der Waals surface area contributed by atoms with Crippen molar-refractivity contribution in [1.29, 1.82) is 0 Å². The molecule has 2 aromatic carbocycles. The lowest BCUT2D eigenvalue weighted by atomic mass is 10.1. The average Bonchev–Trinajstić information content (AvgIpc) is 2.52. The molecular weight excluding hydrogens is 278 g/mol. The van der Waals surface area contributed by atoms with Crippen LogP contribution >= 0.6 is 0 Å². The van der Waals surface area contributed by atoms with Crippen molar-refractivity contribution in [3.8, 4) is 5.75 Å². The molecule has 2 rings (SSSR count). The number of hydrogen-bond acceptors (Lipinski definition) is 3. The number of benzene rings is 2. The summed E-state index contributed by atoms with van der Waals surface area (Å²) in [5.74, 6) is 0.595. The fourth-order valence-electron chi connectivity index (χ4n) is 2.01. The Hall–Kier alpha value is -2.33. The van der Waals surface area contributed by atoms with E-state index in [-0.39, 0.29) is 5.91 Å². The fraction of sp³-hybridized carbons (Fsp3) is 0.278. The number of anilines is 1. The Morgan fingerprint density at radius 3 is 2.45 bits per heavy atom. The van der Waals surface area contributed by atoms with Crippen molar-refractivity contribution < 1.29 is 14.3 Å². The van der Waals surface area contributed by atoms with Gasteiger partial charge in [0.1, 0.15) is 12.4 Å². The monoisotopic (exact) mass is 299 g/mol. The van der Waals surface area contributed by atoms with E-state index in [4.69, 9.17) is 9.47 Å². The average molecular weight is 299 g/mol. The summed E-state index contributed by atoms with van der Waals surface area (Å²) < 4.78 is 10.4. The van der Waals surface area contributed by atoms with Crippen molar-refractivity contribution in [3.05, 3.63) is 59.2 Å². The van der Waals surface area contributed by atoms with Gasteiger partial charge in [0.15, 0.2) is 0 Å². The van der Waals surface area contributed by atoms with E-state index < -0.39 is 0 Å². The lowest BCUT2D eigenvalue weighted by Crippen LogP contribution is -2.13. The summed E-state index contributed by atoms with van der Waals surface area (Å²) in [6.45, 7) is 5.00. The van der Waals surface area contributed by atoms with Gasteiger partial charge in [-0.25, -0.2) is 0 Å². The Kier molecular flexibility index (Phi) is 5.55. The van der Waals surface area contributed by atoms with Gasteiger partial charge in [0.2, 0.25) is 0 Å². The Morgan fingerprint density at radius 2 is 1.77 bits per heavy atom. The number of aryl methyl sites for hydroxylation is 2. The second-order valence-corrected chi connectivity index (χ2v) is 5.14. The van der Waals surface area contributed by atoms with E-state index in [2.05, 4.69) is 5.32 Å². The van der Waals surface area contributed by atoms with Crippen LogP contribution < -0.4 is 10.1 Å². The third-order valence-corrected chi connectivity index (χ3v) is 3.31. The minimum Gasteiger partial charge on any atom is -0.491 e. The summed E-state index contributed by atoms with van der Waals surface area (Å²) in [5.41, 5.74) is 3.59. The van der Waals surface area contributed by atoms with Crippen molar-refractivity contribution in [3.63, 3.8) is 0 Å². The van der Waals surface area contributed by atoms with Crippen molar-refractivity contribution in [2.45, 2.75) is 13.8 Å². The maximum Gasteiger partial charge on any atom is 0.255 e. The van der Waals surface area contributed by atoms with E-state index in [1.807, 2.05) is 32.0 Å². The Balaban J connectivity index is 2.02. The number of hydrogen-bond donors (Lipinski definition) is 1. The molecule has 1 amide bonds. The van der Waals surface area contributed by atoms with Gasteiger partial charge in [-0.3, -0.25) is 4.79 Å². The molecule has 4 nitrogen and oxygen atoms in total. The molecule has 0 fully saturated rings. The molecule has 0 aliphatic heterocycles. The van der Waals surface area contributed by atoms with E-state index in [1.165, 1.54) is 0 Å². The van der Waals surface area contributed by atoms with Gasteiger partial charge in [-0.2, -0.15) is 0 Å². The molecule has 0 aliphatic carbocycles. The van der Waals surface area contributed by atoms with Crippen LogP contribution in [0.4, 0.5) is 5.69 Å². The highest BCUT2D eigenvalue weighted by Gasteiger charge is 2.08. The fourth-order valence-corrected chi connectivity index (χ4v) is 2.01. The minimum atomic E-state index is -0.128. The first-order valence-electron chi connectivity index (χ1n) is 7.20. The molecule has 0 unspecified atom stereocenters. The normalized spacial score (nSPS) is 10.3. The lowest BCUT2D eigenvalue weighted by Gasteiger charge is -2.10. The summed E-state index contributed by atoms with van der Waals surface area (Å²) in [5, 5.41) is 2.94. The van der Waals surface area contributed by atoms with Gasteiger partial charge in [0.25, 0.3) is 5.91 Å². The summed E-state index contributed by atoms with van der Waals surface area (Å²) in [6, 6.07) is 13.1. The number of amides is 1. The molecule has 0 radical (unpaired) electrons. The van der Waals surface area contributed by atoms with Crippen molar-refractivity contribution in [2.75, 3.05) is 25.6 Å². The highest BCUT2D eigenvalue weighted by atomic mass is 16.5. The number of rotatable bonds is 6. The second-order valence-electron chi connectivity index (χ2n) is 5.14. The van der Waals surface area contributed by atoms with Gasteiger partial charge in [-0.1, -0.05) is 12.1 Å². The van der Waals surface area contributed by atoms with E-state index in [1.54, 1.807) is 31.4 Å². The van der Waals surface area contributed by atoms with Gasteiger partial charge < -0.3 is 14.8 Å². The van der Waals surface area contributed by atoms with Crippen LogP contribution in [0.5, 0.6) is 5.75 Å². The van der Waals surface area contributed by atoms with Crippen molar-refractivity contribution in [2.24, 2.45) is 0 Å². The van der Waals surface area contributed by atoms with Crippen LogP contribution in [0, 0.1) is 13.8 Å². The first kappa shape index (κ1) is 16.0. The number of nitrogens with one attached hydrogen (secondary N) is 1. The summed E-state index contributed by atoms with van der Waals surface area (Å²) in [6.07, 6.45) is 0. The van der Waals surface area contributed by atoms with Crippen molar-refractivity contribution in [1.82, 2.24) is 0 Å². The smallest absolute Gasteiger partial charge is 0.255 e. The van der Waals surface area contributed by atoms with Gasteiger partial charge in [-0.05, 0) is 55.3 Å². The van der Waals surface area contributed by atoms with Crippen LogP contribution in [0.25, 0.3) is 0 Å². The topological polar surface area (TPSA) is 47.6 Å². The molecule has 0 heterocycles. The molecule has 0 aromatic heterocycles. The van der Waals surface area contributed by atoms with Crippen LogP contribution in [0.1, 0.15) is 21.5 Å². The van der Waals surface area contributed by atoms with E-state index in [0.29, 0.717) is 18.8 Å². The molecule has 116 valence electrons. The van der Waals surface area contributed by atoms with E-state index in [9.17, 15) is 4.79 Å². The number of methoxy groups -OCH3 is 1. The standard InChI is InChI=1S/C18H21NO3/c1-13-4-5-14(2)17(12-13)19-18(20)15-6-8-16(9-7-15)22-11-10-21-3/h4-9,12H,10-11H2,1-3H3,(H,19,20). The maximum atomic E-state index is 12.3. The Morgan fingerprint density at radius 1 is 1.05 bits per heavy atom. The highest BCUT2D eigenvalue weighted by molar-refractivity contribution is 6.04. The molecule has 2 aromatic rings. The summed E-state index contributed by atoms with van der Waals surface area (Å²) in [7, 11) is 1.63. The van der Waals surface area contributed by atoms with Crippen LogP contribution in [0.15, 0.2) is 42.5 Å². The first-order valence-corrected chi connectivity index (χ1v) is 7.20. The van der Waals surface area contributed by atoms with Gasteiger partial charge in [0, 0.05) is 18.4 Å². The third-order valence-electron chi connectivity index (χ3n) is 3.31. The van der Waals surface area contributed by atoms with Crippen molar-refractivity contribution >= 4 is 11.6 Å². The van der Waals surface area contributed by atoms with E-state index in [0.717, 1.165) is 22.6 Å². The molecule has 0 atom stereocenters. The SMILES string of the molecule is COCCOc1ccc(C(=O)Nc2cc(C)ccc2C)cc1. The van der Waals surface area contributed by atoms with Crippen LogP contribution in [0.2, 0.25) is 0 Å². The number of carbonyl (C=O) groups excluding carboxylic acids is 1. The van der Waals surface area contributed by atoms with Crippen LogP contribution in [-0.2, 0) is 4.74 Å². The predicted octanol–water partition coefficient (Wildman–Crippen LogP) is 3.58. The molecular formula is C18H21NO3. The largest absolute Gasteiger partial charge is 0.491 e. The van der Waals surface area contributed by atoms with Gasteiger partial charge in [0.05, 0.1) is 6.61 Å². The number of carbonyl (C=O) groups is 1. The third kappa shape index (κ3) is 4.33. The molecule has 4 heteroatoms. The zero-order chi connectivity index (χ0) is 15.9. The minimum absolute atomic E-state index is 0.128. The number of ether oxygens (including phenoxy) is 2. The molecule has 0 saturated heterocycles. The lowest BCUT2D eigenvalue weighted by molar-refractivity contribution is 0.102. The Bertz CT molecular complexity index is 635. The predicted molar refractivity (Wildman–Crippen MR) is 87.7 cm³/mol. The molecule has 22 heavy (non-hydrogen) atoms. The van der Waals surface area contributed by atoms with E-state index >= 15 is 0 Å². The Labute approximate surface area is 131 Å². The molecule has 0 saturated carbocycles. The van der Waals surface area contributed by atoms with Crippen LogP contribution in [0.3, 0.4) is 0 Å². The summed E-state index contributed by atoms with van der Waals surface area (Å²) in [4.78, 5) is 12.3. The molecule has 0 spiro atoms.